The van der Waals surface area contributed by atoms with Gasteiger partial charge in [-0.15, -0.1) is 0 Å². The van der Waals surface area contributed by atoms with E-state index in [9.17, 15) is 0 Å². The van der Waals surface area contributed by atoms with Gasteiger partial charge in [-0.2, -0.15) is 0 Å². The molecule has 1 radical (unpaired) electrons. The molecule has 0 aliphatic heterocycles. The molecule has 0 aromatic heterocycles. The molecule has 0 saturated heterocycles. The number of aryl methyl sites for hydroxylation is 1. The lowest BCUT2D eigenvalue weighted by Gasteiger charge is -2.03. The van der Waals surface area contributed by atoms with Crippen molar-refractivity contribution in [1.29, 1.82) is 0 Å². The molecule has 2 aromatic carbocycles. The Morgan fingerprint density at radius 3 is 2.33 bits per heavy atom. The first-order chi connectivity index (χ1) is 7.24. The number of hydrogen-bond acceptors (Lipinski definition) is 0. The molecule has 2 aromatic rings. The molecule has 0 nitrogen and oxygen atoms in total. The fourth-order valence-electron chi connectivity index (χ4n) is 1.68. The first-order valence-corrected chi connectivity index (χ1v) is 5.20. The van der Waals surface area contributed by atoms with Gasteiger partial charge in [0.2, 0.25) is 0 Å². The Labute approximate surface area is 91.6 Å². The highest BCUT2D eigenvalue weighted by Gasteiger charge is 1.96. The van der Waals surface area contributed by atoms with Crippen molar-refractivity contribution in [2.24, 2.45) is 0 Å². The maximum absolute atomic E-state index is 3.94. The second kappa shape index (κ2) is 4.31. The van der Waals surface area contributed by atoms with Gasteiger partial charge in [-0.3, -0.25) is 0 Å². The Morgan fingerprint density at radius 1 is 0.933 bits per heavy atom. The summed E-state index contributed by atoms with van der Waals surface area (Å²) in [7, 11) is 0. The molecular weight excluding hydrogens is 180 g/mol. The van der Waals surface area contributed by atoms with Crippen molar-refractivity contribution in [2.45, 2.75) is 13.3 Å². The van der Waals surface area contributed by atoms with Crippen molar-refractivity contribution in [2.75, 3.05) is 0 Å². The zero-order valence-electron chi connectivity index (χ0n) is 9.03. The van der Waals surface area contributed by atoms with E-state index in [0.29, 0.717) is 0 Å². The first kappa shape index (κ1) is 9.97. The van der Waals surface area contributed by atoms with Crippen LogP contribution in [0.2, 0.25) is 0 Å². The Balaban J connectivity index is 2.18. The predicted molar refractivity (Wildman–Crippen MR) is 64.9 cm³/mol. The molecule has 0 spiro atoms. The molecule has 0 saturated carbocycles. The van der Waals surface area contributed by atoms with E-state index in [1.54, 1.807) is 0 Å². The topological polar surface area (TPSA) is 0 Å². The van der Waals surface area contributed by atoms with Gasteiger partial charge in [0, 0.05) is 0 Å². The van der Waals surface area contributed by atoms with E-state index >= 15 is 0 Å². The Hall–Kier alpha value is -1.56. The zero-order chi connectivity index (χ0) is 10.7. The summed E-state index contributed by atoms with van der Waals surface area (Å²) < 4.78 is 0. The van der Waals surface area contributed by atoms with Gasteiger partial charge in [0.05, 0.1) is 0 Å². The number of benzene rings is 2. The number of rotatable bonds is 2. The molecule has 0 heterocycles. The summed E-state index contributed by atoms with van der Waals surface area (Å²) in [6.07, 6.45) is 0.990. The molecule has 0 aliphatic rings. The van der Waals surface area contributed by atoms with Crippen LogP contribution in [0.5, 0.6) is 0 Å². The van der Waals surface area contributed by atoms with Crippen LogP contribution in [0, 0.1) is 13.8 Å². The van der Waals surface area contributed by atoms with Crippen molar-refractivity contribution in [3.8, 4) is 0 Å². The van der Waals surface area contributed by atoms with Crippen LogP contribution >= 0.6 is 0 Å². The van der Waals surface area contributed by atoms with Crippen LogP contribution in [-0.4, -0.2) is 0 Å². The SMILES string of the molecule is [CH2]c1cccc(Cc2ccc(C)cc2)c1. The van der Waals surface area contributed by atoms with Crippen LogP contribution in [0.1, 0.15) is 22.3 Å². The maximum atomic E-state index is 3.94. The molecule has 0 bridgehead atoms. The van der Waals surface area contributed by atoms with Gasteiger partial charge in [-0.05, 0) is 37.0 Å². The molecule has 0 unspecified atom stereocenters. The van der Waals surface area contributed by atoms with E-state index in [4.69, 9.17) is 0 Å². The monoisotopic (exact) mass is 195 g/mol. The third-order valence-corrected chi connectivity index (χ3v) is 2.52. The second-order valence-electron chi connectivity index (χ2n) is 3.98. The van der Waals surface area contributed by atoms with Gasteiger partial charge in [-0.25, -0.2) is 0 Å². The Kier molecular flexibility index (Phi) is 2.86. The Morgan fingerprint density at radius 2 is 1.67 bits per heavy atom. The van der Waals surface area contributed by atoms with Gasteiger partial charge in [0.25, 0.3) is 0 Å². The highest BCUT2D eigenvalue weighted by Crippen LogP contribution is 2.11. The lowest BCUT2D eigenvalue weighted by atomic mass is 10.0. The van der Waals surface area contributed by atoms with E-state index in [1.165, 1.54) is 16.7 Å². The summed E-state index contributed by atoms with van der Waals surface area (Å²) in [5.74, 6) is 0. The molecule has 0 aliphatic carbocycles. The normalized spacial score (nSPS) is 10.3. The summed E-state index contributed by atoms with van der Waals surface area (Å²) in [6.45, 7) is 6.05. The largest absolute Gasteiger partial charge is 0.0617 e. The van der Waals surface area contributed by atoms with Crippen LogP contribution < -0.4 is 0 Å². The third-order valence-electron chi connectivity index (χ3n) is 2.52. The zero-order valence-corrected chi connectivity index (χ0v) is 9.03. The average Bonchev–Trinajstić information content (AvgIpc) is 2.22. The lowest BCUT2D eigenvalue weighted by molar-refractivity contribution is 1.18. The lowest BCUT2D eigenvalue weighted by Crippen LogP contribution is -1.88. The minimum absolute atomic E-state index is 0.990. The molecule has 0 N–H and O–H groups in total. The van der Waals surface area contributed by atoms with E-state index in [2.05, 4.69) is 56.3 Å². The molecule has 0 atom stereocenters. The second-order valence-corrected chi connectivity index (χ2v) is 3.98. The smallest absolute Gasteiger partial charge is 0.00257 e. The van der Waals surface area contributed by atoms with Crippen molar-refractivity contribution in [3.05, 3.63) is 77.7 Å². The predicted octanol–water partition coefficient (Wildman–Crippen LogP) is 3.77. The molecule has 75 valence electrons. The van der Waals surface area contributed by atoms with Gasteiger partial charge in [0.15, 0.2) is 0 Å². The fraction of sp³-hybridized carbons (Fsp3) is 0.133. The van der Waals surface area contributed by atoms with Crippen molar-refractivity contribution < 1.29 is 0 Å². The van der Waals surface area contributed by atoms with Crippen molar-refractivity contribution >= 4 is 0 Å². The summed E-state index contributed by atoms with van der Waals surface area (Å²) in [5.41, 5.74) is 5.07. The van der Waals surface area contributed by atoms with E-state index in [1.807, 2.05) is 6.07 Å². The number of hydrogen-bond donors (Lipinski definition) is 0. The van der Waals surface area contributed by atoms with Crippen molar-refractivity contribution in [1.82, 2.24) is 0 Å². The van der Waals surface area contributed by atoms with Crippen molar-refractivity contribution in [3.63, 3.8) is 0 Å². The van der Waals surface area contributed by atoms with E-state index in [0.717, 1.165) is 12.0 Å². The fourth-order valence-corrected chi connectivity index (χ4v) is 1.68. The summed E-state index contributed by atoms with van der Waals surface area (Å²) >= 11 is 0. The molecule has 2 rings (SSSR count). The van der Waals surface area contributed by atoms with Gasteiger partial charge in [0.1, 0.15) is 0 Å². The summed E-state index contributed by atoms with van der Waals surface area (Å²) in [4.78, 5) is 0. The van der Waals surface area contributed by atoms with Crippen LogP contribution in [0.15, 0.2) is 48.5 Å². The average molecular weight is 195 g/mol. The van der Waals surface area contributed by atoms with Gasteiger partial charge >= 0.3 is 0 Å². The molecule has 0 amide bonds. The molecular formula is C15H15. The molecule has 0 heteroatoms. The highest BCUT2D eigenvalue weighted by molar-refractivity contribution is 5.31. The minimum atomic E-state index is 0.990. The molecule has 15 heavy (non-hydrogen) atoms. The highest BCUT2D eigenvalue weighted by atomic mass is 14.0. The third kappa shape index (κ3) is 2.69. The maximum Gasteiger partial charge on any atom is -0.00257 e. The summed E-state index contributed by atoms with van der Waals surface area (Å²) in [6, 6.07) is 17.1. The minimum Gasteiger partial charge on any atom is -0.0617 e. The van der Waals surface area contributed by atoms with Crippen LogP contribution in [0.4, 0.5) is 0 Å². The van der Waals surface area contributed by atoms with Crippen LogP contribution in [0.3, 0.4) is 0 Å². The van der Waals surface area contributed by atoms with Crippen LogP contribution in [-0.2, 0) is 6.42 Å². The van der Waals surface area contributed by atoms with E-state index in [-0.39, 0.29) is 0 Å². The first-order valence-electron chi connectivity index (χ1n) is 5.20. The standard InChI is InChI=1S/C15H15/c1-12-6-8-14(9-7-12)11-15-5-3-4-13(2)10-15/h3-10H,2,11H2,1H3. The quantitative estimate of drug-likeness (QED) is 0.684. The Bertz CT molecular complexity index is 438. The van der Waals surface area contributed by atoms with E-state index < -0.39 is 0 Å². The summed E-state index contributed by atoms with van der Waals surface area (Å²) in [5, 5.41) is 0. The van der Waals surface area contributed by atoms with Gasteiger partial charge in [-0.1, -0.05) is 54.1 Å². The van der Waals surface area contributed by atoms with Gasteiger partial charge < -0.3 is 0 Å². The molecule has 0 fully saturated rings. The van der Waals surface area contributed by atoms with Crippen LogP contribution in [0.25, 0.3) is 0 Å².